The zero-order valence-electron chi connectivity index (χ0n) is 14.1. The van der Waals surface area contributed by atoms with Gasteiger partial charge in [-0.15, -0.1) is 0 Å². The molecule has 146 valence electrons. The van der Waals surface area contributed by atoms with Gasteiger partial charge in [0.25, 0.3) is 0 Å². The summed E-state index contributed by atoms with van der Waals surface area (Å²) in [5, 5.41) is 4.94. The van der Waals surface area contributed by atoms with Crippen LogP contribution in [0.15, 0.2) is 52.5 Å². The van der Waals surface area contributed by atoms with Crippen LogP contribution in [-0.2, 0) is 20.8 Å². The molecule has 0 aliphatic carbocycles. The Bertz CT molecular complexity index is 1130. The number of benzene rings is 2. The largest absolute Gasteiger partial charge is 0.416 e. The Kier molecular flexibility index (Phi) is 4.07. The van der Waals surface area contributed by atoms with Gasteiger partial charge in [-0.25, -0.2) is 17.8 Å². The molecule has 1 amide bonds. The Morgan fingerprint density at radius 2 is 1.86 bits per heavy atom. The molecule has 0 aromatic heterocycles. The van der Waals surface area contributed by atoms with E-state index < -0.39 is 39.2 Å². The molecule has 2 aliphatic rings. The summed E-state index contributed by atoms with van der Waals surface area (Å²) in [4.78, 5) is 12.4. The first-order valence-corrected chi connectivity index (χ1v) is 9.83. The maximum absolute atomic E-state index is 13.7. The average molecular weight is 412 g/mol. The minimum Gasteiger partial charge on any atom is -0.273 e. The third-order valence-electron chi connectivity index (χ3n) is 4.64. The first kappa shape index (κ1) is 18.6. The molecule has 2 aromatic rings. The summed E-state index contributed by atoms with van der Waals surface area (Å²) in [5.41, 5.74) is -0.850. The van der Waals surface area contributed by atoms with E-state index in [1.165, 1.54) is 6.07 Å². The Hall–Kier alpha value is -2.75. The van der Waals surface area contributed by atoms with Crippen LogP contribution in [0.25, 0.3) is 0 Å². The number of fused-ring (bicyclic) bond motifs is 3. The van der Waals surface area contributed by atoms with Crippen LogP contribution in [0.2, 0.25) is 0 Å². The summed E-state index contributed by atoms with van der Waals surface area (Å²) < 4.78 is 77.5. The molecule has 0 spiro atoms. The molecule has 0 radical (unpaired) electrons. The Morgan fingerprint density at radius 3 is 2.57 bits per heavy atom. The van der Waals surface area contributed by atoms with Crippen LogP contribution < -0.4 is 5.01 Å². The number of anilines is 1. The second-order valence-corrected chi connectivity index (χ2v) is 8.56. The van der Waals surface area contributed by atoms with Crippen molar-refractivity contribution in [3.8, 4) is 0 Å². The number of hydrogen-bond donors (Lipinski definition) is 0. The van der Waals surface area contributed by atoms with Gasteiger partial charge in [0, 0.05) is 17.9 Å². The molecule has 0 bridgehead atoms. The molecular formula is C18H12F4N2O3S. The predicted molar refractivity (Wildman–Crippen MR) is 92.0 cm³/mol. The fourth-order valence-corrected chi connectivity index (χ4v) is 5.15. The van der Waals surface area contributed by atoms with Crippen molar-refractivity contribution in [2.24, 2.45) is 11.0 Å². The minimum absolute atomic E-state index is 0.0284. The molecule has 0 fully saturated rings. The van der Waals surface area contributed by atoms with Crippen molar-refractivity contribution in [2.45, 2.75) is 17.5 Å². The zero-order valence-corrected chi connectivity index (χ0v) is 14.9. The maximum Gasteiger partial charge on any atom is 0.416 e. The van der Waals surface area contributed by atoms with E-state index in [1.54, 1.807) is 0 Å². The smallest absolute Gasteiger partial charge is 0.273 e. The SMILES string of the molecule is O=C1CC2CS(=O)(=O)c3ccc(F)cc3C2=NN1c1cccc(C(F)(F)F)c1. The van der Waals surface area contributed by atoms with Gasteiger partial charge in [0.05, 0.1) is 27.6 Å². The van der Waals surface area contributed by atoms with E-state index in [0.717, 1.165) is 41.4 Å². The lowest BCUT2D eigenvalue weighted by Gasteiger charge is -2.33. The molecule has 2 heterocycles. The number of carbonyl (C=O) groups excluding carboxylic acids is 1. The number of amides is 1. The normalized spacial score (nSPS) is 21.0. The van der Waals surface area contributed by atoms with Crippen LogP contribution in [0.3, 0.4) is 0 Å². The Morgan fingerprint density at radius 1 is 1.11 bits per heavy atom. The number of hydrogen-bond acceptors (Lipinski definition) is 4. The quantitative estimate of drug-likeness (QED) is 0.533. The van der Waals surface area contributed by atoms with E-state index in [2.05, 4.69) is 5.10 Å². The summed E-state index contributed by atoms with van der Waals surface area (Å²) in [6, 6.07) is 7.25. The fourth-order valence-electron chi connectivity index (χ4n) is 3.39. The number of nitrogens with zero attached hydrogens (tertiary/aromatic N) is 2. The van der Waals surface area contributed by atoms with Gasteiger partial charge in [0.1, 0.15) is 5.82 Å². The highest BCUT2D eigenvalue weighted by atomic mass is 32.2. The van der Waals surface area contributed by atoms with Crippen molar-refractivity contribution in [1.82, 2.24) is 0 Å². The number of hydrazone groups is 1. The first-order valence-electron chi connectivity index (χ1n) is 8.18. The van der Waals surface area contributed by atoms with Gasteiger partial charge in [-0.05, 0) is 36.4 Å². The number of halogens is 4. The van der Waals surface area contributed by atoms with Crippen molar-refractivity contribution in [1.29, 1.82) is 0 Å². The monoisotopic (exact) mass is 412 g/mol. The number of alkyl halides is 3. The zero-order chi connectivity index (χ0) is 20.3. The van der Waals surface area contributed by atoms with E-state index in [4.69, 9.17) is 0 Å². The van der Waals surface area contributed by atoms with Gasteiger partial charge < -0.3 is 0 Å². The second kappa shape index (κ2) is 6.13. The van der Waals surface area contributed by atoms with Gasteiger partial charge in [0.2, 0.25) is 5.91 Å². The third kappa shape index (κ3) is 3.07. The maximum atomic E-state index is 13.7. The molecular weight excluding hydrogens is 400 g/mol. The van der Waals surface area contributed by atoms with E-state index in [-0.39, 0.29) is 34.0 Å². The lowest BCUT2D eigenvalue weighted by molar-refractivity contribution is -0.137. The van der Waals surface area contributed by atoms with Crippen LogP contribution in [0.1, 0.15) is 17.5 Å². The summed E-state index contributed by atoms with van der Waals surface area (Å²) in [6.07, 6.45) is -4.86. The molecule has 1 unspecified atom stereocenters. The van der Waals surface area contributed by atoms with Crippen molar-refractivity contribution >= 4 is 27.1 Å². The van der Waals surface area contributed by atoms with Gasteiger partial charge in [-0.3, -0.25) is 4.79 Å². The number of rotatable bonds is 1. The lowest BCUT2D eigenvalue weighted by atomic mass is 9.92. The van der Waals surface area contributed by atoms with Crippen LogP contribution in [-0.4, -0.2) is 25.8 Å². The van der Waals surface area contributed by atoms with Gasteiger partial charge in [-0.1, -0.05) is 6.07 Å². The average Bonchev–Trinajstić information content (AvgIpc) is 2.60. The first-order chi connectivity index (χ1) is 13.1. The predicted octanol–water partition coefficient (Wildman–Crippen LogP) is 3.39. The molecule has 10 heteroatoms. The topological polar surface area (TPSA) is 66.8 Å². The molecule has 2 aliphatic heterocycles. The molecule has 5 nitrogen and oxygen atoms in total. The molecule has 1 atom stereocenters. The number of carbonyl (C=O) groups is 1. The summed E-state index contributed by atoms with van der Waals surface area (Å²) in [5.74, 6) is -2.47. The minimum atomic E-state index is -4.60. The van der Waals surface area contributed by atoms with Crippen LogP contribution in [0.4, 0.5) is 23.2 Å². The Balaban J connectivity index is 1.86. The van der Waals surface area contributed by atoms with Crippen molar-refractivity contribution in [2.75, 3.05) is 10.8 Å². The van der Waals surface area contributed by atoms with Gasteiger partial charge in [-0.2, -0.15) is 18.3 Å². The lowest BCUT2D eigenvalue weighted by Crippen LogP contribution is -2.43. The standard InChI is InChI=1S/C18H12F4N2O3S/c19-12-4-5-15-14(8-12)17-10(9-28(15,26)27)6-16(25)24(23-17)13-3-1-2-11(7-13)18(20,21)22/h1-5,7-8,10H,6,9H2. The van der Waals surface area contributed by atoms with E-state index in [9.17, 15) is 30.8 Å². The Labute approximate surface area is 157 Å². The molecule has 0 N–H and O–H groups in total. The van der Waals surface area contributed by atoms with Crippen molar-refractivity contribution in [3.05, 3.63) is 59.4 Å². The molecule has 0 saturated carbocycles. The second-order valence-electron chi connectivity index (χ2n) is 6.56. The molecule has 2 aromatic carbocycles. The van der Waals surface area contributed by atoms with Gasteiger partial charge in [0.15, 0.2) is 9.84 Å². The third-order valence-corrected chi connectivity index (χ3v) is 6.51. The van der Waals surface area contributed by atoms with E-state index in [1.807, 2.05) is 0 Å². The van der Waals surface area contributed by atoms with Crippen molar-refractivity contribution < 1.29 is 30.8 Å². The van der Waals surface area contributed by atoms with Gasteiger partial charge >= 0.3 is 6.18 Å². The van der Waals surface area contributed by atoms with Crippen LogP contribution in [0.5, 0.6) is 0 Å². The summed E-state index contributed by atoms with van der Waals surface area (Å²) in [6.45, 7) is 0. The number of sulfone groups is 1. The molecule has 0 saturated heterocycles. The highest BCUT2D eigenvalue weighted by Gasteiger charge is 2.41. The fraction of sp³-hybridized carbons (Fsp3) is 0.222. The van der Waals surface area contributed by atoms with Crippen LogP contribution in [0, 0.1) is 11.7 Å². The van der Waals surface area contributed by atoms with Crippen LogP contribution >= 0.6 is 0 Å². The highest BCUT2D eigenvalue weighted by molar-refractivity contribution is 7.91. The summed E-state index contributed by atoms with van der Waals surface area (Å²) >= 11 is 0. The molecule has 28 heavy (non-hydrogen) atoms. The van der Waals surface area contributed by atoms with E-state index in [0.29, 0.717) is 0 Å². The van der Waals surface area contributed by atoms with E-state index >= 15 is 0 Å². The summed E-state index contributed by atoms with van der Waals surface area (Å²) in [7, 11) is -3.73. The highest BCUT2D eigenvalue weighted by Crippen LogP contribution is 2.36. The van der Waals surface area contributed by atoms with Crippen molar-refractivity contribution in [3.63, 3.8) is 0 Å². The molecule has 4 rings (SSSR count).